The normalized spacial score (nSPS) is 32.4. The monoisotopic (exact) mass is 295 g/mol. The second-order valence-electron chi connectivity index (χ2n) is 7.43. The van der Waals surface area contributed by atoms with E-state index in [1.807, 2.05) is 0 Å². The number of piperazine rings is 1. The molecule has 21 heavy (non-hydrogen) atoms. The van der Waals surface area contributed by atoms with Gasteiger partial charge in [-0.05, 0) is 38.6 Å². The first-order chi connectivity index (χ1) is 10.3. The van der Waals surface area contributed by atoms with Gasteiger partial charge in [-0.15, -0.1) is 0 Å². The quantitative estimate of drug-likeness (QED) is 0.771. The first-order valence-electron chi connectivity index (χ1n) is 9.05. The van der Waals surface area contributed by atoms with Gasteiger partial charge in [0, 0.05) is 57.3 Å². The molecule has 1 atom stereocenters. The molecule has 1 unspecified atom stereocenters. The van der Waals surface area contributed by atoms with Crippen LogP contribution < -0.4 is 5.32 Å². The predicted octanol–water partition coefficient (Wildman–Crippen LogP) is 1.56. The molecule has 4 nitrogen and oxygen atoms in total. The van der Waals surface area contributed by atoms with Crippen LogP contribution in [0.25, 0.3) is 0 Å². The molecule has 0 aromatic rings. The molecular weight excluding hydrogens is 262 g/mol. The van der Waals surface area contributed by atoms with Crippen LogP contribution in [-0.2, 0) is 4.74 Å². The Hall–Kier alpha value is -0.160. The maximum absolute atomic E-state index is 5.86. The molecule has 0 aromatic heterocycles. The van der Waals surface area contributed by atoms with Crippen LogP contribution in [0.1, 0.15) is 39.0 Å². The summed E-state index contributed by atoms with van der Waals surface area (Å²) in [5.74, 6) is 0. The standard InChI is InChI=1S/C17H33N3O/c1-2-7-19-8-10-20(11-9-19)14-17(6-3-12-21-15-17)13-18-16-4-5-16/h16,18H,2-15H2,1H3. The first-order valence-corrected chi connectivity index (χ1v) is 9.05. The Bertz CT molecular complexity index is 305. The highest BCUT2D eigenvalue weighted by molar-refractivity contribution is 4.92. The van der Waals surface area contributed by atoms with E-state index in [1.54, 1.807) is 0 Å². The molecule has 0 amide bonds. The zero-order valence-electron chi connectivity index (χ0n) is 13.8. The summed E-state index contributed by atoms with van der Waals surface area (Å²) in [7, 11) is 0. The summed E-state index contributed by atoms with van der Waals surface area (Å²) in [6.07, 6.45) is 6.62. The van der Waals surface area contributed by atoms with Crippen LogP contribution in [0.15, 0.2) is 0 Å². The summed E-state index contributed by atoms with van der Waals surface area (Å²) < 4.78 is 5.86. The number of hydrogen-bond donors (Lipinski definition) is 1. The lowest BCUT2D eigenvalue weighted by atomic mass is 9.81. The molecule has 1 N–H and O–H groups in total. The Morgan fingerprint density at radius 1 is 1.14 bits per heavy atom. The van der Waals surface area contributed by atoms with Gasteiger partial charge in [0.25, 0.3) is 0 Å². The molecule has 4 heteroatoms. The third-order valence-electron chi connectivity index (χ3n) is 5.31. The fourth-order valence-corrected chi connectivity index (χ4v) is 3.84. The predicted molar refractivity (Wildman–Crippen MR) is 86.7 cm³/mol. The summed E-state index contributed by atoms with van der Waals surface area (Å²) in [6.45, 7) is 12.9. The minimum atomic E-state index is 0.369. The van der Waals surface area contributed by atoms with Crippen molar-refractivity contribution >= 4 is 0 Å². The van der Waals surface area contributed by atoms with Crippen molar-refractivity contribution in [2.75, 3.05) is 59.0 Å². The van der Waals surface area contributed by atoms with Crippen LogP contribution in [0.3, 0.4) is 0 Å². The Balaban J connectivity index is 1.49. The van der Waals surface area contributed by atoms with Crippen molar-refractivity contribution < 1.29 is 4.74 Å². The Labute approximate surface area is 130 Å². The van der Waals surface area contributed by atoms with Gasteiger partial charge in [-0.3, -0.25) is 0 Å². The van der Waals surface area contributed by atoms with Crippen LogP contribution in [0.4, 0.5) is 0 Å². The van der Waals surface area contributed by atoms with Crippen LogP contribution in [-0.4, -0.2) is 74.9 Å². The molecule has 0 aromatic carbocycles. The van der Waals surface area contributed by atoms with Gasteiger partial charge in [-0.2, -0.15) is 0 Å². The third-order valence-corrected chi connectivity index (χ3v) is 5.31. The highest BCUT2D eigenvalue weighted by Crippen LogP contribution is 2.31. The zero-order chi connectivity index (χ0) is 14.5. The molecule has 0 spiro atoms. The molecule has 3 aliphatic rings. The van der Waals surface area contributed by atoms with E-state index in [0.717, 1.165) is 25.8 Å². The van der Waals surface area contributed by atoms with E-state index in [0.29, 0.717) is 5.41 Å². The van der Waals surface area contributed by atoms with E-state index in [1.165, 1.54) is 71.4 Å². The number of nitrogens with zero attached hydrogens (tertiary/aromatic N) is 2. The Kier molecular flexibility index (Phi) is 5.54. The highest BCUT2D eigenvalue weighted by atomic mass is 16.5. The Morgan fingerprint density at radius 2 is 1.90 bits per heavy atom. The van der Waals surface area contributed by atoms with E-state index in [9.17, 15) is 0 Å². The average molecular weight is 295 g/mol. The molecular formula is C17H33N3O. The minimum absolute atomic E-state index is 0.369. The molecule has 0 bridgehead atoms. The van der Waals surface area contributed by atoms with Gasteiger partial charge in [0.05, 0.1) is 6.61 Å². The second kappa shape index (κ2) is 7.40. The SMILES string of the molecule is CCCN1CCN(CC2(CNC3CC3)CCCOC2)CC1. The van der Waals surface area contributed by atoms with E-state index < -0.39 is 0 Å². The smallest absolute Gasteiger partial charge is 0.0546 e. The van der Waals surface area contributed by atoms with E-state index >= 15 is 0 Å². The van der Waals surface area contributed by atoms with Gasteiger partial charge < -0.3 is 19.9 Å². The largest absolute Gasteiger partial charge is 0.381 e. The zero-order valence-corrected chi connectivity index (χ0v) is 13.8. The van der Waals surface area contributed by atoms with Gasteiger partial charge >= 0.3 is 0 Å². The van der Waals surface area contributed by atoms with Crippen molar-refractivity contribution in [3.8, 4) is 0 Å². The van der Waals surface area contributed by atoms with Crippen molar-refractivity contribution in [2.45, 2.75) is 45.1 Å². The molecule has 2 aliphatic heterocycles. The van der Waals surface area contributed by atoms with Crippen molar-refractivity contribution in [1.82, 2.24) is 15.1 Å². The van der Waals surface area contributed by atoms with Gasteiger partial charge in [-0.1, -0.05) is 6.92 Å². The topological polar surface area (TPSA) is 27.7 Å². The van der Waals surface area contributed by atoms with Crippen LogP contribution in [0, 0.1) is 5.41 Å². The summed E-state index contributed by atoms with van der Waals surface area (Å²) in [5, 5.41) is 3.77. The van der Waals surface area contributed by atoms with Crippen molar-refractivity contribution in [3.05, 3.63) is 0 Å². The van der Waals surface area contributed by atoms with Gasteiger partial charge in [0.15, 0.2) is 0 Å². The first kappa shape index (κ1) is 15.7. The molecule has 122 valence electrons. The summed E-state index contributed by atoms with van der Waals surface area (Å²) in [5.41, 5.74) is 0.369. The molecule has 0 radical (unpaired) electrons. The van der Waals surface area contributed by atoms with Gasteiger partial charge in [0.1, 0.15) is 0 Å². The number of rotatable bonds is 7. The number of ether oxygens (including phenoxy) is 1. The van der Waals surface area contributed by atoms with Crippen molar-refractivity contribution in [3.63, 3.8) is 0 Å². The lowest BCUT2D eigenvalue weighted by Crippen LogP contribution is -2.54. The van der Waals surface area contributed by atoms with Gasteiger partial charge in [-0.25, -0.2) is 0 Å². The van der Waals surface area contributed by atoms with Crippen LogP contribution >= 0.6 is 0 Å². The molecule has 1 aliphatic carbocycles. The average Bonchev–Trinajstić information content (AvgIpc) is 3.33. The van der Waals surface area contributed by atoms with Crippen LogP contribution in [0.2, 0.25) is 0 Å². The van der Waals surface area contributed by atoms with E-state index in [2.05, 4.69) is 22.0 Å². The maximum atomic E-state index is 5.86. The summed E-state index contributed by atoms with van der Waals surface area (Å²) >= 11 is 0. The van der Waals surface area contributed by atoms with E-state index in [-0.39, 0.29) is 0 Å². The number of nitrogens with one attached hydrogen (secondary N) is 1. The van der Waals surface area contributed by atoms with E-state index in [4.69, 9.17) is 4.74 Å². The second-order valence-corrected chi connectivity index (χ2v) is 7.43. The molecule has 2 saturated heterocycles. The summed E-state index contributed by atoms with van der Waals surface area (Å²) in [4.78, 5) is 5.30. The third kappa shape index (κ3) is 4.65. The highest BCUT2D eigenvalue weighted by Gasteiger charge is 2.37. The van der Waals surface area contributed by atoms with Crippen LogP contribution in [0.5, 0.6) is 0 Å². The molecule has 3 rings (SSSR count). The summed E-state index contributed by atoms with van der Waals surface area (Å²) in [6, 6.07) is 0.810. The molecule has 3 fully saturated rings. The van der Waals surface area contributed by atoms with Crippen molar-refractivity contribution in [1.29, 1.82) is 0 Å². The lowest BCUT2D eigenvalue weighted by Gasteiger charge is -2.43. The van der Waals surface area contributed by atoms with Gasteiger partial charge in [0.2, 0.25) is 0 Å². The van der Waals surface area contributed by atoms with Crippen molar-refractivity contribution in [2.24, 2.45) is 5.41 Å². The number of hydrogen-bond acceptors (Lipinski definition) is 4. The fraction of sp³-hybridized carbons (Fsp3) is 1.00. The molecule has 2 heterocycles. The molecule has 1 saturated carbocycles. The minimum Gasteiger partial charge on any atom is -0.381 e. The fourth-order valence-electron chi connectivity index (χ4n) is 3.84. The maximum Gasteiger partial charge on any atom is 0.0546 e. The lowest BCUT2D eigenvalue weighted by molar-refractivity contribution is -0.0329. The Morgan fingerprint density at radius 3 is 2.52 bits per heavy atom.